The van der Waals surface area contributed by atoms with Crippen LogP contribution < -0.4 is 0 Å². The number of hydrogen-bond donors (Lipinski definition) is 0. The van der Waals surface area contributed by atoms with Gasteiger partial charge in [0.2, 0.25) is 0 Å². The molecular weight excluding hydrogens is 284 g/mol. The van der Waals surface area contributed by atoms with Gasteiger partial charge in [0.15, 0.2) is 10.8 Å². The van der Waals surface area contributed by atoms with Crippen LogP contribution in [0.4, 0.5) is 0 Å². The second-order valence-corrected chi connectivity index (χ2v) is 6.82. The lowest BCUT2D eigenvalue weighted by Crippen LogP contribution is -2.36. The van der Waals surface area contributed by atoms with E-state index in [1.54, 1.807) is 0 Å². The van der Waals surface area contributed by atoms with Gasteiger partial charge in [-0.05, 0) is 44.3 Å². The summed E-state index contributed by atoms with van der Waals surface area (Å²) in [6.45, 7) is 8.11. The van der Waals surface area contributed by atoms with Gasteiger partial charge in [-0.2, -0.15) is 5.10 Å². The Morgan fingerprint density at radius 3 is 3.10 bits per heavy atom. The van der Waals surface area contributed by atoms with Gasteiger partial charge in [-0.25, -0.2) is 9.50 Å². The molecule has 1 fully saturated rings. The molecule has 1 aliphatic heterocycles. The fraction of sp³-hybridized carbons (Fsp3) is 0.625. The number of aromatic nitrogens is 3. The highest BCUT2D eigenvalue weighted by molar-refractivity contribution is 6.29. The second kappa shape index (κ2) is 6.32. The lowest BCUT2D eigenvalue weighted by Gasteiger charge is -2.33. The van der Waals surface area contributed by atoms with E-state index >= 15 is 0 Å². The number of likely N-dealkylation sites (tertiary alicyclic amines) is 1. The molecule has 0 aliphatic carbocycles. The molecule has 4 nitrogen and oxygen atoms in total. The van der Waals surface area contributed by atoms with Crippen LogP contribution in [0.5, 0.6) is 0 Å². The van der Waals surface area contributed by atoms with Gasteiger partial charge in [0, 0.05) is 24.7 Å². The van der Waals surface area contributed by atoms with Crippen LogP contribution in [-0.4, -0.2) is 39.1 Å². The molecule has 2 aromatic rings. The van der Waals surface area contributed by atoms with Crippen molar-refractivity contribution in [3.8, 4) is 0 Å². The summed E-state index contributed by atoms with van der Waals surface area (Å²) < 4.78 is 1.92. The zero-order valence-electron chi connectivity index (χ0n) is 12.8. The van der Waals surface area contributed by atoms with Crippen molar-refractivity contribution in [3.05, 3.63) is 29.2 Å². The van der Waals surface area contributed by atoms with Crippen molar-refractivity contribution in [2.45, 2.75) is 39.0 Å². The summed E-state index contributed by atoms with van der Waals surface area (Å²) in [7, 11) is 0. The molecule has 0 spiro atoms. The van der Waals surface area contributed by atoms with Gasteiger partial charge in [0.05, 0.1) is 5.69 Å². The van der Waals surface area contributed by atoms with E-state index in [4.69, 9.17) is 11.6 Å². The highest BCUT2D eigenvalue weighted by Gasteiger charge is 2.23. The molecule has 3 rings (SSSR count). The van der Waals surface area contributed by atoms with E-state index in [0.29, 0.717) is 11.1 Å². The molecular formula is C16H23ClN4. The maximum Gasteiger partial charge on any atom is 0.156 e. The standard InChI is InChI=1S/C16H23ClN4/c1-12(2)6-9-20-8-3-4-13(11-20)14-5-7-18-16-10-15(17)19-21(14)16/h5,7,10,12-13H,3-4,6,8-9,11H2,1-2H3. The lowest BCUT2D eigenvalue weighted by atomic mass is 9.94. The van der Waals surface area contributed by atoms with Crippen LogP contribution in [0.15, 0.2) is 18.3 Å². The number of piperidine rings is 1. The summed E-state index contributed by atoms with van der Waals surface area (Å²) in [4.78, 5) is 6.93. The molecule has 21 heavy (non-hydrogen) atoms. The smallest absolute Gasteiger partial charge is 0.156 e. The molecule has 5 heteroatoms. The second-order valence-electron chi connectivity index (χ2n) is 6.43. The predicted octanol–water partition coefficient (Wildman–Crippen LogP) is 3.61. The monoisotopic (exact) mass is 306 g/mol. The van der Waals surface area contributed by atoms with Crippen molar-refractivity contribution in [2.24, 2.45) is 5.92 Å². The molecule has 0 saturated carbocycles. The third-order valence-corrected chi connectivity index (χ3v) is 4.49. The van der Waals surface area contributed by atoms with Gasteiger partial charge < -0.3 is 4.90 Å². The topological polar surface area (TPSA) is 33.4 Å². The number of hydrogen-bond acceptors (Lipinski definition) is 3. The normalized spacial score (nSPS) is 20.5. The molecule has 1 atom stereocenters. The molecule has 1 saturated heterocycles. The summed E-state index contributed by atoms with van der Waals surface area (Å²) in [5, 5.41) is 4.90. The number of nitrogens with zero attached hydrogens (tertiary/aromatic N) is 4. The summed E-state index contributed by atoms with van der Waals surface area (Å²) in [5.74, 6) is 1.29. The Hall–Kier alpha value is -1.13. The minimum atomic E-state index is 0.516. The van der Waals surface area contributed by atoms with Crippen LogP contribution in [0.25, 0.3) is 5.65 Å². The summed E-state index contributed by atoms with van der Waals surface area (Å²) in [6, 6.07) is 3.91. The third kappa shape index (κ3) is 3.38. The molecule has 0 N–H and O–H groups in total. The molecule has 0 radical (unpaired) electrons. The van der Waals surface area contributed by atoms with Gasteiger partial charge in [-0.1, -0.05) is 25.4 Å². The summed E-state index contributed by atoms with van der Waals surface area (Å²) in [6.07, 6.45) is 5.61. The average Bonchev–Trinajstić information content (AvgIpc) is 2.85. The zero-order valence-corrected chi connectivity index (χ0v) is 13.6. The van der Waals surface area contributed by atoms with E-state index in [1.165, 1.54) is 38.0 Å². The summed E-state index contributed by atoms with van der Waals surface area (Å²) >= 11 is 6.02. The van der Waals surface area contributed by atoms with Gasteiger partial charge >= 0.3 is 0 Å². The zero-order chi connectivity index (χ0) is 14.8. The van der Waals surface area contributed by atoms with Crippen molar-refractivity contribution in [1.82, 2.24) is 19.5 Å². The first-order valence-corrected chi connectivity index (χ1v) is 8.24. The van der Waals surface area contributed by atoms with Crippen molar-refractivity contribution in [1.29, 1.82) is 0 Å². The average molecular weight is 307 g/mol. The molecule has 1 aliphatic rings. The van der Waals surface area contributed by atoms with E-state index in [2.05, 4.69) is 34.9 Å². The molecule has 2 aromatic heterocycles. The highest BCUT2D eigenvalue weighted by Crippen LogP contribution is 2.27. The lowest BCUT2D eigenvalue weighted by molar-refractivity contribution is 0.195. The predicted molar refractivity (Wildman–Crippen MR) is 85.9 cm³/mol. The minimum absolute atomic E-state index is 0.516. The Kier molecular flexibility index (Phi) is 4.45. The van der Waals surface area contributed by atoms with Crippen LogP contribution in [0.2, 0.25) is 5.15 Å². The Morgan fingerprint density at radius 1 is 1.43 bits per heavy atom. The number of fused-ring (bicyclic) bond motifs is 1. The Labute approximate surface area is 131 Å². The quantitative estimate of drug-likeness (QED) is 0.865. The molecule has 1 unspecified atom stereocenters. The van der Waals surface area contributed by atoms with Crippen molar-refractivity contribution >= 4 is 17.2 Å². The highest BCUT2D eigenvalue weighted by atomic mass is 35.5. The number of rotatable bonds is 4. The maximum absolute atomic E-state index is 6.02. The molecule has 3 heterocycles. The van der Waals surface area contributed by atoms with Crippen LogP contribution in [0, 0.1) is 5.92 Å². The van der Waals surface area contributed by atoms with E-state index < -0.39 is 0 Å². The maximum atomic E-state index is 6.02. The van der Waals surface area contributed by atoms with Gasteiger partial charge in [-0.3, -0.25) is 0 Å². The first-order chi connectivity index (χ1) is 10.1. The fourth-order valence-electron chi connectivity index (χ4n) is 3.14. The Bertz CT molecular complexity index is 607. The van der Waals surface area contributed by atoms with Crippen LogP contribution in [0.1, 0.15) is 44.7 Å². The van der Waals surface area contributed by atoms with Crippen molar-refractivity contribution < 1.29 is 0 Å². The van der Waals surface area contributed by atoms with Gasteiger partial charge in [0.25, 0.3) is 0 Å². The van der Waals surface area contributed by atoms with Gasteiger partial charge in [0.1, 0.15) is 0 Å². The van der Waals surface area contributed by atoms with Crippen LogP contribution in [0.3, 0.4) is 0 Å². The minimum Gasteiger partial charge on any atom is -0.303 e. The van der Waals surface area contributed by atoms with Crippen molar-refractivity contribution in [3.63, 3.8) is 0 Å². The molecule has 0 bridgehead atoms. The van der Waals surface area contributed by atoms with E-state index in [1.807, 2.05) is 16.8 Å². The SMILES string of the molecule is CC(C)CCN1CCCC(c2ccnc3cc(Cl)nn23)C1. The third-order valence-electron chi connectivity index (χ3n) is 4.30. The summed E-state index contributed by atoms with van der Waals surface area (Å²) in [5.41, 5.74) is 2.08. The fourth-order valence-corrected chi connectivity index (χ4v) is 3.31. The number of halogens is 1. The van der Waals surface area contributed by atoms with Gasteiger partial charge in [-0.15, -0.1) is 0 Å². The van der Waals surface area contributed by atoms with Crippen LogP contribution >= 0.6 is 11.6 Å². The van der Waals surface area contributed by atoms with E-state index in [0.717, 1.165) is 18.1 Å². The Morgan fingerprint density at radius 2 is 2.29 bits per heavy atom. The molecule has 0 aromatic carbocycles. The van der Waals surface area contributed by atoms with E-state index in [-0.39, 0.29) is 0 Å². The molecule has 0 amide bonds. The largest absolute Gasteiger partial charge is 0.303 e. The first kappa shape index (κ1) is 14.8. The van der Waals surface area contributed by atoms with Crippen molar-refractivity contribution in [2.75, 3.05) is 19.6 Å². The Balaban J connectivity index is 1.78. The van der Waals surface area contributed by atoms with E-state index in [9.17, 15) is 0 Å². The first-order valence-electron chi connectivity index (χ1n) is 7.86. The molecule has 114 valence electrons. The van der Waals surface area contributed by atoms with Crippen LogP contribution in [-0.2, 0) is 0 Å².